The summed E-state index contributed by atoms with van der Waals surface area (Å²) in [4.78, 5) is 15.1. The summed E-state index contributed by atoms with van der Waals surface area (Å²) < 4.78 is 19.0. The number of phenolic OH excluding ortho intramolecular Hbond substituents is 1. The molecule has 4 aromatic rings. The molecular formula is C36H38FNO8S. The van der Waals surface area contributed by atoms with Gasteiger partial charge >= 0.3 is 0 Å². The first kappa shape index (κ1) is 34.5. The molecule has 1 amide bonds. The number of amides is 1. The average Bonchev–Trinajstić information content (AvgIpc) is 3.07. The molecule has 47 heavy (non-hydrogen) atoms. The minimum Gasteiger partial charge on any atom is -0.508 e. The van der Waals surface area contributed by atoms with Crippen LogP contribution in [0.25, 0.3) is 11.1 Å². The molecule has 0 aromatic heterocycles. The van der Waals surface area contributed by atoms with Gasteiger partial charge in [-0.2, -0.15) is 13.5 Å². The van der Waals surface area contributed by atoms with E-state index in [1.54, 1.807) is 41.3 Å². The third-order valence-corrected chi connectivity index (χ3v) is 9.07. The van der Waals surface area contributed by atoms with E-state index in [4.69, 9.17) is 4.74 Å². The van der Waals surface area contributed by atoms with Crippen molar-refractivity contribution in [3.63, 3.8) is 0 Å². The van der Waals surface area contributed by atoms with Gasteiger partial charge in [0.2, 0.25) is 5.91 Å². The van der Waals surface area contributed by atoms with E-state index < -0.39 is 61.0 Å². The molecule has 2 fully saturated rings. The average molecular weight is 664 g/mol. The molecule has 248 valence electrons. The lowest BCUT2D eigenvalue weighted by molar-refractivity contribution is -0.231. The van der Waals surface area contributed by atoms with Gasteiger partial charge in [0.15, 0.2) is 0 Å². The summed E-state index contributed by atoms with van der Waals surface area (Å²) in [7, 11) is 0. The Balaban J connectivity index is 0.00000433. The summed E-state index contributed by atoms with van der Waals surface area (Å²) in [6, 6.07) is 26.5. The van der Waals surface area contributed by atoms with Gasteiger partial charge in [0.05, 0.1) is 24.7 Å². The Bertz CT molecular complexity index is 1660. The van der Waals surface area contributed by atoms with Crippen LogP contribution in [0.3, 0.4) is 0 Å². The van der Waals surface area contributed by atoms with Crippen LogP contribution in [0.4, 0.5) is 10.1 Å². The number of carbonyl (C=O) groups is 1. The van der Waals surface area contributed by atoms with Crippen LogP contribution in [-0.4, -0.2) is 67.6 Å². The first-order valence-corrected chi connectivity index (χ1v) is 15.2. The minimum absolute atomic E-state index is 0. The summed E-state index contributed by atoms with van der Waals surface area (Å²) in [5.74, 6) is -1.01. The summed E-state index contributed by atoms with van der Waals surface area (Å²) in [5, 5.41) is 62.3. The van der Waals surface area contributed by atoms with Gasteiger partial charge in [-0.1, -0.05) is 66.7 Å². The van der Waals surface area contributed by atoms with Crippen molar-refractivity contribution in [2.45, 2.75) is 55.5 Å². The SMILES string of the molecule is O=C1[C@H](CC[C@H](O)c2ccc(F)cc2)[C@@H](c2ccc(-c3ccc([C@@H]4O[C@H](CO)[C@@H](O)[C@H](O)[C@H]4O)cc3)cc2O)N1c1ccccc1.S. The number of carbonyl (C=O) groups excluding carboxylic acids is 1. The molecule has 2 aliphatic heterocycles. The Labute approximate surface area is 278 Å². The smallest absolute Gasteiger partial charge is 0.233 e. The highest BCUT2D eigenvalue weighted by molar-refractivity contribution is 7.59. The van der Waals surface area contributed by atoms with Crippen molar-refractivity contribution in [3.8, 4) is 16.9 Å². The van der Waals surface area contributed by atoms with Crippen molar-refractivity contribution in [1.82, 2.24) is 0 Å². The number of aliphatic hydroxyl groups is 5. The van der Waals surface area contributed by atoms with E-state index in [2.05, 4.69) is 0 Å². The van der Waals surface area contributed by atoms with Crippen molar-refractivity contribution in [3.05, 3.63) is 120 Å². The van der Waals surface area contributed by atoms with Crippen LogP contribution in [-0.2, 0) is 9.53 Å². The summed E-state index contributed by atoms with van der Waals surface area (Å²) in [6.07, 6.45) is -6.54. The van der Waals surface area contributed by atoms with Gasteiger partial charge in [-0.15, -0.1) is 0 Å². The molecule has 6 N–H and O–H groups in total. The lowest BCUT2D eigenvalue weighted by Crippen LogP contribution is -2.55. The number of halogens is 1. The predicted octanol–water partition coefficient (Wildman–Crippen LogP) is 4.04. The van der Waals surface area contributed by atoms with Crippen LogP contribution < -0.4 is 4.90 Å². The number of rotatable bonds is 9. The van der Waals surface area contributed by atoms with Gasteiger partial charge in [-0.25, -0.2) is 4.39 Å². The minimum atomic E-state index is -1.48. The zero-order valence-electron chi connectivity index (χ0n) is 25.3. The first-order chi connectivity index (χ1) is 22.2. The van der Waals surface area contributed by atoms with E-state index in [1.165, 1.54) is 24.3 Å². The maximum absolute atomic E-state index is 13.4. The number of anilines is 1. The monoisotopic (exact) mass is 663 g/mol. The molecule has 0 saturated carbocycles. The number of aromatic hydroxyl groups is 1. The number of phenols is 1. The van der Waals surface area contributed by atoms with E-state index in [1.807, 2.05) is 36.4 Å². The molecule has 0 radical (unpaired) electrons. The Hall–Kier alpha value is -3.81. The summed E-state index contributed by atoms with van der Waals surface area (Å²) in [5.41, 5.74) is 3.81. The van der Waals surface area contributed by atoms with Crippen LogP contribution in [0.2, 0.25) is 0 Å². The molecular weight excluding hydrogens is 625 g/mol. The van der Waals surface area contributed by atoms with Gasteiger partial charge in [-0.3, -0.25) is 4.79 Å². The van der Waals surface area contributed by atoms with Crippen LogP contribution in [0, 0.1) is 11.7 Å². The van der Waals surface area contributed by atoms with Crippen LogP contribution in [0.15, 0.2) is 97.1 Å². The molecule has 0 spiro atoms. The van der Waals surface area contributed by atoms with E-state index in [-0.39, 0.29) is 31.6 Å². The Morgan fingerprint density at radius 3 is 2.13 bits per heavy atom. The van der Waals surface area contributed by atoms with E-state index in [0.29, 0.717) is 34.4 Å². The highest BCUT2D eigenvalue weighted by atomic mass is 32.1. The lowest BCUT2D eigenvalue weighted by Gasteiger charge is -2.48. The highest BCUT2D eigenvalue weighted by Crippen LogP contribution is 2.49. The van der Waals surface area contributed by atoms with Crippen LogP contribution in [0.5, 0.6) is 5.75 Å². The fraction of sp³-hybridized carbons (Fsp3) is 0.306. The second-order valence-corrected chi connectivity index (χ2v) is 11.9. The summed E-state index contributed by atoms with van der Waals surface area (Å²) in [6.45, 7) is -0.519. The zero-order valence-corrected chi connectivity index (χ0v) is 26.3. The molecule has 2 heterocycles. The van der Waals surface area contributed by atoms with E-state index >= 15 is 0 Å². The van der Waals surface area contributed by atoms with Gasteiger partial charge in [0.25, 0.3) is 0 Å². The number of nitrogens with zero attached hydrogens (tertiary/aromatic N) is 1. The van der Waals surface area contributed by atoms with Crippen molar-refractivity contribution >= 4 is 25.1 Å². The Morgan fingerprint density at radius 2 is 1.49 bits per heavy atom. The molecule has 0 aliphatic carbocycles. The molecule has 0 bridgehead atoms. The van der Waals surface area contributed by atoms with Crippen molar-refractivity contribution in [2.24, 2.45) is 5.92 Å². The standard InChI is InChI=1S/C36H36FNO8.H2S/c37-24-13-10-21(11-14-24)28(40)17-16-27-31(38(36(27)45)25-4-2-1-3-5-25)26-15-12-23(18-29(26)41)20-6-8-22(9-7-20)35-34(44)33(43)32(42)30(19-39)46-35;/h1-15,18,27-28,30-35,39-44H,16-17,19H2;1H2/t27-,28+,30-,31-,32-,33+,34-,35+;/m1./s1. The maximum atomic E-state index is 13.4. The molecule has 9 nitrogen and oxygen atoms in total. The largest absolute Gasteiger partial charge is 0.508 e. The number of para-hydroxylation sites is 1. The number of aliphatic hydroxyl groups excluding tert-OH is 5. The number of β-lactam (4-membered cyclic amide) rings is 1. The van der Waals surface area contributed by atoms with E-state index in [9.17, 15) is 39.8 Å². The normalized spacial score (nSPS) is 26.3. The Kier molecular flexibility index (Phi) is 10.7. The molecule has 2 saturated heterocycles. The third kappa shape index (κ3) is 6.79. The van der Waals surface area contributed by atoms with Crippen molar-refractivity contribution in [2.75, 3.05) is 11.5 Å². The maximum Gasteiger partial charge on any atom is 0.233 e. The molecule has 8 atom stereocenters. The van der Waals surface area contributed by atoms with Gasteiger partial charge in [-0.05, 0) is 65.4 Å². The Morgan fingerprint density at radius 1 is 0.830 bits per heavy atom. The lowest BCUT2D eigenvalue weighted by atomic mass is 9.77. The molecule has 2 aliphatic rings. The number of hydrogen-bond donors (Lipinski definition) is 6. The summed E-state index contributed by atoms with van der Waals surface area (Å²) >= 11 is 0. The zero-order chi connectivity index (χ0) is 32.5. The first-order valence-electron chi connectivity index (χ1n) is 15.2. The van der Waals surface area contributed by atoms with Gasteiger partial charge in [0, 0.05) is 11.3 Å². The van der Waals surface area contributed by atoms with Crippen molar-refractivity contribution in [1.29, 1.82) is 0 Å². The van der Waals surface area contributed by atoms with E-state index in [0.717, 1.165) is 5.56 Å². The second-order valence-electron chi connectivity index (χ2n) is 11.9. The highest BCUT2D eigenvalue weighted by Gasteiger charge is 2.49. The molecule has 0 unspecified atom stereocenters. The molecule has 6 rings (SSSR count). The van der Waals surface area contributed by atoms with Gasteiger partial charge < -0.3 is 40.3 Å². The van der Waals surface area contributed by atoms with Crippen LogP contribution in [0.1, 0.15) is 47.8 Å². The third-order valence-electron chi connectivity index (χ3n) is 9.07. The second kappa shape index (κ2) is 14.5. The van der Waals surface area contributed by atoms with Crippen LogP contribution >= 0.6 is 13.5 Å². The number of benzene rings is 4. The fourth-order valence-electron chi connectivity index (χ4n) is 6.47. The molecule has 4 aromatic carbocycles. The number of hydrogen-bond acceptors (Lipinski definition) is 8. The van der Waals surface area contributed by atoms with Crippen molar-refractivity contribution < 1.29 is 44.6 Å². The number of ether oxygens (including phenoxy) is 1. The molecule has 11 heteroatoms. The predicted molar refractivity (Wildman–Crippen MR) is 177 cm³/mol. The van der Waals surface area contributed by atoms with Gasteiger partial charge in [0.1, 0.15) is 42.1 Å². The quantitative estimate of drug-likeness (QED) is 0.147. The topological polar surface area (TPSA) is 151 Å². The fourth-order valence-corrected chi connectivity index (χ4v) is 6.47.